The van der Waals surface area contributed by atoms with E-state index in [1.54, 1.807) is 0 Å². The first kappa shape index (κ1) is 63.4. The van der Waals surface area contributed by atoms with Crippen molar-refractivity contribution in [2.24, 2.45) is 0 Å². The van der Waals surface area contributed by atoms with Gasteiger partial charge < -0.3 is 64.2 Å². The summed E-state index contributed by atoms with van der Waals surface area (Å²) in [6, 6.07) is 0. The summed E-state index contributed by atoms with van der Waals surface area (Å²) in [5.74, 6) is -0.921. The smallest absolute Gasteiger partial charge is 0.306 e. The molecule has 7 N–H and O–H groups in total. The monoisotopic (exact) mass is 989 g/mol. The number of allylic oxidation sites excluding steroid dienone is 2. The number of esters is 2. The molecule has 0 bridgehead atoms. The highest BCUT2D eigenvalue weighted by Crippen LogP contribution is 2.27. The van der Waals surface area contributed by atoms with Crippen LogP contribution in [0.4, 0.5) is 0 Å². The van der Waals surface area contributed by atoms with Crippen LogP contribution in [0.1, 0.15) is 226 Å². The Morgan fingerprint density at radius 2 is 0.826 bits per heavy atom. The maximum Gasteiger partial charge on any atom is 0.306 e. The molecule has 69 heavy (non-hydrogen) atoms. The van der Waals surface area contributed by atoms with E-state index in [2.05, 4.69) is 26.0 Å². The Balaban J connectivity index is 1.78. The molecule has 11 unspecified atom stereocenters. The van der Waals surface area contributed by atoms with Crippen LogP contribution in [0.25, 0.3) is 0 Å². The van der Waals surface area contributed by atoms with Gasteiger partial charge in [-0.1, -0.05) is 187 Å². The molecule has 2 aliphatic heterocycles. The van der Waals surface area contributed by atoms with Gasteiger partial charge in [0.1, 0.15) is 55.4 Å². The second kappa shape index (κ2) is 41.7. The molecule has 2 aliphatic rings. The molecule has 2 heterocycles. The van der Waals surface area contributed by atoms with Crippen molar-refractivity contribution in [3.05, 3.63) is 12.2 Å². The quantitative estimate of drug-likeness (QED) is 0.0172. The largest absolute Gasteiger partial charge is 0.462 e. The fourth-order valence-corrected chi connectivity index (χ4v) is 8.92. The lowest BCUT2D eigenvalue weighted by Crippen LogP contribution is -2.61. The van der Waals surface area contributed by atoms with Crippen molar-refractivity contribution in [2.45, 2.75) is 293 Å². The zero-order chi connectivity index (χ0) is 50.3. The Bertz CT molecular complexity index is 1250. The van der Waals surface area contributed by atoms with Crippen molar-refractivity contribution in [3.8, 4) is 0 Å². The molecule has 11 atom stereocenters. The predicted octanol–water partition coefficient (Wildman–Crippen LogP) is 8.55. The van der Waals surface area contributed by atoms with Gasteiger partial charge in [-0.3, -0.25) is 9.59 Å². The minimum absolute atomic E-state index is 0.160. The fourth-order valence-electron chi connectivity index (χ4n) is 8.92. The predicted molar refractivity (Wildman–Crippen MR) is 266 cm³/mol. The first-order valence-electron chi connectivity index (χ1n) is 27.8. The zero-order valence-corrected chi connectivity index (χ0v) is 43.1. The molecule has 406 valence electrons. The molecule has 2 rings (SSSR count). The Kier molecular flexibility index (Phi) is 38.3. The zero-order valence-electron chi connectivity index (χ0n) is 43.1. The van der Waals surface area contributed by atoms with Crippen molar-refractivity contribution in [1.82, 2.24) is 0 Å². The van der Waals surface area contributed by atoms with Crippen LogP contribution >= 0.6 is 0 Å². The van der Waals surface area contributed by atoms with Gasteiger partial charge >= 0.3 is 11.9 Å². The molecular weight excluding hydrogens is 889 g/mol. The van der Waals surface area contributed by atoms with Crippen LogP contribution in [0.15, 0.2) is 12.2 Å². The highest BCUT2D eigenvalue weighted by Gasteiger charge is 2.47. The number of aliphatic hydroxyl groups is 7. The Morgan fingerprint density at radius 1 is 0.449 bits per heavy atom. The summed E-state index contributed by atoms with van der Waals surface area (Å²) >= 11 is 0. The summed E-state index contributed by atoms with van der Waals surface area (Å²) in [4.78, 5) is 25.8. The number of carbonyl (C=O) groups is 2. The molecule has 2 fully saturated rings. The SMILES string of the molecule is CCCCCCCCC/C=C\CCCCCCCC(=O)OC(COC(=O)CCCCCCCCCCCCCCCCCCC)COC1OC(COC2OC(CO)C(O)C(O)C2O)C(O)C(O)C1O. The number of ether oxygens (including phenoxy) is 6. The van der Waals surface area contributed by atoms with E-state index in [9.17, 15) is 45.3 Å². The minimum Gasteiger partial charge on any atom is -0.462 e. The number of hydrogen-bond donors (Lipinski definition) is 7. The maximum atomic E-state index is 13.0. The van der Waals surface area contributed by atoms with E-state index >= 15 is 0 Å². The summed E-state index contributed by atoms with van der Waals surface area (Å²) in [7, 11) is 0. The van der Waals surface area contributed by atoms with Gasteiger partial charge in [-0.15, -0.1) is 0 Å². The molecule has 2 saturated heterocycles. The average Bonchev–Trinajstić information content (AvgIpc) is 3.34. The van der Waals surface area contributed by atoms with Gasteiger partial charge in [0.2, 0.25) is 0 Å². The van der Waals surface area contributed by atoms with Gasteiger partial charge in [0, 0.05) is 12.8 Å². The van der Waals surface area contributed by atoms with Gasteiger partial charge in [-0.2, -0.15) is 0 Å². The van der Waals surface area contributed by atoms with E-state index in [1.165, 1.54) is 128 Å². The van der Waals surface area contributed by atoms with E-state index in [0.717, 1.165) is 57.8 Å². The van der Waals surface area contributed by atoms with E-state index in [-0.39, 0.29) is 26.1 Å². The number of rotatable bonds is 44. The molecule has 0 amide bonds. The molecule has 15 nitrogen and oxygen atoms in total. The average molecular weight is 989 g/mol. The molecule has 0 aromatic rings. The second-order valence-corrected chi connectivity index (χ2v) is 19.8. The van der Waals surface area contributed by atoms with Crippen LogP contribution in [0.3, 0.4) is 0 Å². The van der Waals surface area contributed by atoms with Crippen molar-refractivity contribution in [1.29, 1.82) is 0 Å². The van der Waals surface area contributed by atoms with Gasteiger partial charge in [0.25, 0.3) is 0 Å². The number of aliphatic hydroxyl groups excluding tert-OH is 7. The van der Waals surface area contributed by atoms with Gasteiger partial charge in [-0.05, 0) is 38.5 Å². The topological polar surface area (TPSA) is 231 Å². The summed E-state index contributed by atoms with van der Waals surface area (Å²) in [5.41, 5.74) is 0. The summed E-state index contributed by atoms with van der Waals surface area (Å²) in [5, 5.41) is 72.2. The van der Waals surface area contributed by atoms with Gasteiger partial charge in [0.15, 0.2) is 18.7 Å². The van der Waals surface area contributed by atoms with E-state index in [4.69, 9.17) is 28.4 Å². The molecule has 0 aliphatic carbocycles. The summed E-state index contributed by atoms with van der Waals surface area (Å²) < 4.78 is 33.6. The molecular formula is C54H100O15. The van der Waals surface area contributed by atoms with E-state index in [0.29, 0.717) is 12.8 Å². The standard InChI is InChI=1S/C54H100O15/c1-3-5-7-9-11-13-15-17-19-21-23-24-26-28-30-32-34-36-45(56)64-39-42(67-46(57)37-35-33-31-29-27-25-22-20-18-16-14-12-10-8-6-4-2)40-65-53-52(63)50(61)48(59)44(69-53)41-66-54-51(62)49(60)47(58)43(38-55)68-54/h20,22,42-44,47-55,58-63H,3-19,21,23-41H2,1-2H3/b22-20-. The highest BCUT2D eigenvalue weighted by atomic mass is 16.7. The highest BCUT2D eigenvalue weighted by molar-refractivity contribution is 5.70. The number of unbranched alkanes of at least 4 members (excludes halogenated alkanes) is 28. The molecule has 0 aromatic heterocycles. The third kappa shape index (κ3) is 29.5. The van der Waals surface area contributed by atoms with Crippen LogP contribution < -0.4 is 0 Å². The molecule has 15 heteroatoms. The van der Waals surface area contributed by atoms with Crippen LogP contribution in [-0.2, 0) is 38.0 Å². The van der Waals surface area contributed by atoms with Crippen LogP contribution in [0.5, 0.6) is 0 Å². The van der Waals surface area contributed by atoms with Crippen LogP contribution in [0, 0.1) is 0 Å². The number of hydrogen-bond acceptors (Lipinski definition) is 15. The summed E-state index contributed by atoms with van der Waals surface area (Å²) in [6.45, 7) is 2.62. The van der Waals surface area contributed by atoms with Crippen molar-refractivity contribution in [3.63, 3.8) is 0 Å². The Hall–Kier alpha value is -1.76. The summed E-state index contributed by atoms with van der Waals surface area (Å²) in [6.07, 6.45) is 25.2. The number of carbonyl (C=O) groups excluding carboxylic acids is 2. The fraction of sp³-hybridized carbons (Fsp3) is 0.926. The molecule has 0 spiro atoms. The van der Waals surface area contributed by atoms with Crippen LogP contribution in [-0.4, -0.2) is 142 Å². The maximum absolute atomic E-state index is 13.0. The van der Waals surface area contributed by atoms with E-state index < -0.39 is 92.7 Å². The lowest BCUT2D eigenvalue weighted by Gasteiger charge is -2.42. The Morgan fingerprint density at radius 3 is 1.28 bits per heavy atom. The Labute approximate surface area is 416 Å². The molecule has 0 saturated carbocycles. The van der Waals surface area contributed by atoms with Gasteiger partial charge in [-0.25, -0.2) is 0 Å². The molecule has 0 radical (unpaired) electrons. The minimum atomic E-state index is -1.76. The van der Waals surface area contributed by atoms with Crippen molar-refractivity contribution in [2.75, 3.05) is 26.4 Å². The van der Waals surface area contributed by atoms with Crippen LogP contribution in [0.2, 0.25) is 0 Å². The van der Waals surface area contributed by atoms with Crippen molar-refractivity contribution >= 4 is 11.9 Å². The lowest BCUT2D eigenvalue weighted by atomic mass is 9.98. The second-order valence-electron chi connectivity index (χ2n) is 19.8. The third-order valence-electron chi connectivity index (χ3n) is 13.5. The normalized spacial score (nSPS) is 25.6. The first-order chi connectivity index (χ1) is 33.5. The van der Waals surface area contributed by atoms with Crippen molar-refractivity contribution < 1.29 is 73.8 Å². The lowest BCUT2D eigenvalue weighted by molar-refractivity contribution is -0.332. The first-order valence-corrected chi connectivity index (χ1v) is 27.8. The van der Waals surface area contributed by atoms with Gasteiger partial charge in [0.05, 0.1) is 19.8 Å². The third-order valence-corrected chi connectivity index (χ3v) is 13.5. The molecule has 0 aromatic carbocycles. The van der Waals surface area contributed by atoms with E-state index in [1.807, 2.05) is 0 Å².